The quantitative estimate of drug-likeness (QED) is 0.781. The third-order valence-corrected chi connectivity index (χ3v) is 3.10. The second-order valence-corrected chi connectivity index (χ2v) is 4.23. The van der Waals surface area contributed by atoms with E-state index in [0.717, 1.165) is 33.4 Å². The minimum atomic E-state index is 0.495. The first-order chi connectivity index (χ1) is 7.65. The molecule has 0 aliphatic rings. The van der Waals surface area contributed by atoms with Gasteiger partial charge < -0.3 is 14.3 Å². The number of hydrogen-bond donors (Lipinski definition) is 0. The lowest BCUT2D eigenvalue weighted by molar-refractivity contribution is -0.107. The lowest BCUT2D eigenvalue weighted by Crippen LogP contribution is -1.98. The normalized spacial score (nSPS) is 10.0. The van der Waals surface area contributed by atoms with Crippen molar-refractivity contribution in [1.29, 1.82) is 0 Å². The number of methoxy groups -OCH3 is 2. The number of halogens is 1. The zero-order valence-corrected chi connectivity index (χ0v) is 11.3. The van der Waals surface area contributed by atoms with Crippen molar-refractivity contribution in [3.05, 3.63) is 21.7 Å². The molecule has 88 valence electrons. The molecule has 0 unspecified atom stereocenters. The van der Waals surface area contributed by atoms with Crippen molar-refractivity contribution >= 4 is 22.2 Å². The van der Waals surface area contributed by atoms with Gasteiger partial charge in [-0.25, -0.2) is 0 Å². The molecule has 0 aliphatic carbocycles. The Morgan fingerprint density at radius 3 is 2.44 bits per heavy atom. The van der Waals surface area contributed by atoms with Crippen LogP contribution in [0, 0.1) is 6.92 Å². The number of carbonyl (C=O) groups is 1. The van der Waals surface area contributed by atoms with Crippen molar-refractivity contribution < 1.29 is 14.3 Å². The van der Waals surface area contributed by atoms with Crippen molar-refractivity contribution in [3.8, 4) is 11.5 Å². The molecule has 3 nitrogen and oxygen atoms in total. The second kappa shape index (κ2) is 5.89. The Hall–Kier alpha value is -1.03. The Labute approximate surface area is 104 Å². The number of benzene rings is 1. The number of carbonyl (C=O) groups excluding carboxylic acids is 1. The van der Waals surface area contributed by atoms with Gasteiger partial charge in [-0.3, -0.25) is 0 Å². The van der Waals surface area contributed by atoms with E-state index in [4.69, 9.17) is 9.47 Å². The van der Waals surface area contributed by atoms with Crippen molar-refractivity contribution in [2.45, 2.75) is 19.8 Å². The maximum Gasteiger partial charge on any atom is 0.140 e. The van der Waals surface area contributed by atoms with Crippen molar-refractivity contribution in [2.75, 3.05) is 14.2 Å². The van der Waals surface area contributed by atoms with Gasteiger partial charge in [0.25, 0.3) is 0 Å². The first kappa shape index (κ1) is 13.0. The highest BCUT2D eigenvalue weighted by atomic mass is 79.9. The predicted octanol–water partition coefficient (Wildman–Crippen LogP) is 2.91. The van der Waals surface area contributed by atoms with Crippen LogP contribution < -0.4 is 9.47 Å². The molecule has 1 aromatic carbocycles. The molecule has 0 saturated heterocycles. The summed E-state index contributed by atoms with van der Waals surface area (Å²) in [6.07, 6.45) is 2.08. The van der Waals surface area contributed by atoms with Crippen LogP contribution in [0.3, 0.4) is 0 Å². The Kier molecular flexibility index (Phi) is 4.80. The van der Waals surface area contributed by atoms with Gasteiger partial charge >= 0.3 is 0 Å². The zero-order valence-electron chi connectivity index (χ0n) is 9.67. The molecular weight excluding hydrogens is 272 g/mol. The molecule has 0 bridgehead atoms. The molecule has 16 heavy (non-hydrogen) atoms. The van der Waals surface area contributed by atoms with Crippen LogP contribution in [0.2, 0.25) is 0 Å². The summed E-state index contributed by atoms with van der Waals surface area (Å²) in [7, 11) is 3.23. The number of rotatable bonds is 5. The van der Waals surface area contributed by atoms with E-state index >= 15 is 0 Å². The average Bonchev–Trinajstić information content (AvgIpc) is 2.26. The minimum Gasteiger partial charge on any atom is -0.495 e. The van der Waals surface area contributed by atoms with Gasteiger partial charge in [-0.1, -0.05) is 0 Å². The molecule has 0 aliphatic heterocycles. The van der Waals surface area contributed by atoms with Crippen molar-refractivity contribution in [1.82, 2.24) is 0 Å². The topological polar surface area (TPSA) is 35.5 Å². The highest BCUT2D eigenvalue weighted by Crippen LogP contribution is 2.40. The molecular formula is C12H15BrO3. The SMILES string of the molecule is COc1c(C)cc(CCC=O)c(OC)c1Br. The first-order valence-electron chi connectivity index (χ1n) is 4.99. The molecule has 0 fully saturated rings. The molecule has 0 radical (unpaired) electrons. The summed E-state index contributed by atoms with van der Waals surface area (Å²) in [6, 6.07) is 1.99. The van der Waals surface area contributed by atoms with Crippen molar-refractivity contribution in [2.24, 2.45) is 0 Å². The van der Waals surface area contributed by atoms with Crippen molar-refractivity contribution in [3.63, 3.8) is 0 Å². The second-order valence-electron chi connectivity index (χ2n) is 3.44. The molecule has 1 rings (SSSR count). The number of hydrogen-bond acceptors (Lipinski definition) is 3. The Morgan fingerprint density at radius 1 is 1.31 bits per heavy atom. The van der Waals surface area contributed by atoms with Crippen LogP contribution in [-0.2, 0) is 11.2 Å². The molecule has 0 N–H and O–H groups in total. The van der Waals surface area contributed by atoms with E-state index in [1.165, 1.54) is 0 Å². The summed E-state index contributed by atoms with van der Waals surface area (Å²) in [6.45, 7) is 1.97. The van der Waals surface area contributed by atoms with Crippen LogP contribution in [0.25, 0.3) is 0 Å². The third-order valence-electron chi connectivity index (χ3n) is 2.38. The highest BCUT2D eigenvalue weighted by molar-refractivity contribution is 9.10. The smallest absolute Gasteiger partial charge is 0.140 e. The van der Waals surface area contributed by atoms with E-state index in [0.29, 0.717) is 12.8 Å². The predicted molar refractivity (Wildman–Crippen MR) is 66.4 cm³/mol. The van der Waals surface area contributed by atoms with Gasteiger partial charge in [-0.05, 0) is 46.5 Å². The maximum atomic E-state index is 10.4. The van der Waals surface area contributed by atoms with E-state index in [1.807, 2.05) is 13.0 Å². The van der Waals surface area contributed by atoms with E-state index < -0.39 is 0 Å². The van der Waals surface area contributed by atoms with Crippen LogP contribution in [0.4, 0.5) is 0 Å². The van der Waals surface area contributed by atoms with E-state index in [-0.39, 0.29) is 0 Å². The molecule has 0 amide bonds. The molecule has 0 atom stereocenters. The molecule has 4 heteroatoms. The summed E-state index contributed by atoms with van der Waals surface area (Å²) in [5.41, 5.74) is 2.04. The van der Waals surface area contributed by atoms with Gasteiger partial charge in [-0.15, -0.1) is 0 Å². The molecule has 1 aromatic rings. The van der Waals surface area contributed by atoms with Crippen LogP contribution in [0.5, 0.6) is 11.5 Å². The van der Waals surface area contributed by atoms with E-state index in [2.05, 4.69) is 15.9 Å². The van der Waals surface area contributed by atoms with Gasteiger partial charge in [0.1, 0.15) is 22.3 Å². The summed E-state index contributed by atoms with van der Waals surface area (Å²) in [5, 5.41) is 0. The fraction of sp³-hybridized carbons (Fsp3) is 0.417. The van der Waals surface area contributed by atoms with Gasteiger partial charge in [0.05, 0.1) is 14.2 Å². The summed E-state index contributed by atoms with van der Waals surface area (Å²) >= 11 is 3.46. The van der Waals surface area contributed by atoms with E-state index in [1.54, 1.807) is 14.2 Å². The molecule has 0 spiro atoms. The zero-order chi connectivity index (χ0) is 12.1. The standard InChI is InChI=1S/C12H15BrO3/c1-8-7-9(5-4-6-14)12(16-3)10(13)11(8)15-2/h6-7H,4-5H2,1-3H3. The lowest BCUT2D eigenvalue weighted by Gasteiger charge is -2.15. The Bertz CT molecular complexity index is 388. The largest absolute Gasteiger partial charge is 0.495 e. The number of ether oxygens (including phenoxy) is 2. The van der Waals surface area contributed by atoms with Gasteiger partial charge in [0.2, 0.25) is 0 Å². The summed E-state index contributed by atoms with van der Waals surface area (Å²) < 4.78 is 11.4. The van der Waals surface area contributed by atoms with Crippen LogP contribution in [0.1, 0.15) is 17.5 Å². The Morgan fingerprint density at radius 2 is 1.94 bits per heavy atom. The van der Waals surface area contributed by atoms with Crippen LogP contribution in [0.15, 0.2) is 10.5 Å². The first-order valence-corrected chi connectivity index (χ1v) is 5.78. The molecule has 0 saturated carbocycles. The highest BCUT2D eigenvalue weighted by Gasteiger charge is 2.15. The third kappa shape index (κ3) is 2.55. The lowest BCUT2D eigenvalue weighted by atomic mass is 10.1. The van der Waals surface area contributed by atoms with Gasteiger partial charge in [-0.2, -0.15) is 0 Å². The average molecular weight is 287 g/mol. The van der Waals surface area contributed by atoms with Gasteiger partial charge in [0, 0.05) is 6.42 Å². The van der Waals surface area contributed by atoms with Gasteiger partial charge in [0.15, 0.2) is 0 Å². The molecule has 0 heterocycles. The monoisotopic (exact) mass is 286 g/mol. The minimum absolute atomic E-state index is 0.495. The Balaban J connectivity index is 3.23. The number of aldehydes is 1. The van der Waals surface area contributed by atoms with Crippen LogP contribution in [-0.4, -0.2) is 20.5 Å². The summed E-state index contributed by atoms with van der Waals surface area (Å²) in [4.78, 5) is 10.4. The van der Waals surface area contributed by atoms with Crippen LogP contribution >= 0.6 is 15.9 Å². The fourth-order valence-corrected chi connectivity index (χ4v) is 2.57. The summed E-state index contributed by atoms with van der Waals surface area (Å²) in [5.74, 6) is 1.51. The fourth-order valence-electron chi connectivity index (χ4n) is 1.68. The number of aryl methyl sites for hydroxylation is 2. The molecule has 0 aromatic heterocycles. The van der Waals surface area contributed by atoms with E-state index in [9.17, 15) is 4.79 Å². The maximum absolute atomic E-state index is 10.4.